The highest BCUT2D eigenvalue weighted by atomic mass is 16.5. The average Bonchev–Trinajstić information content (AvgIpc) is 3.26. The monoisotopic (exact) mass is 431 g/mol. The number of nitrogens with one attached hydrogen (secondary N) is 1. The molecule has 1 aliphatic rings. The molecule has 0 bridgehead atoms. The number of carbonyl (C=O) groups is 1. The fourth-order valence-electron chi connectivity index (χ4n) is 3.81. The van der Waals surface area contributed by atoms with E-state index in [0.717, 1.165) is 30.3 Å². The molecule has 1 aliphatic heterocycles. The molecule has 0 spiro atoms. The first-order chi connectivity index (χ1) is 15.6. The molecule has 6 heteroatoms. The molecule has 0 radical (unpaired) electrons. The van der Waals surface area contributed by atoms with E-state index in [2.05, 4.69) is 34.3 Å². The van der Waals surface area contributed by atoms with E-state index < -0.39 is 0 Å². The van der Waals surface area contributed by atoms with Crippen LogP contribution < -0.4 is 19.7 Å². The summed E-state index contributed by atoms with van der Waals surface area (Å²) in [5.41, 5.74) is 3.49. The Morgan fingerprint density at radius 1 is 1.06 bits per heavy atom. The van der Waals surface area contributed by atoms with Gasteiger partial charge in [0, 0.05) is 42.4 Å². The zero-order valence-corrected chi connectivity index (χ0v) is 18.6. The quantitative estimate of drug-likeness (QED) is 0.534. The summed E-state index contributed by atoms with van der Waals surface area (Å²) in [5.74, 6) is 1.69. The minimum atomic E-state index is -0.186. The van der Waals surface area contributed by atoms with E-state index in [1.165, 1.54) is 12.1 Å². The van der Waals surface area contributed by atoms with E-state index in [0.29, 0.717) is 30.3 Å². The zero-order chi connectivity index (χ0) is 22.3. The highest BCUT2D eigenvalue weighted by molar-refractivity contribution is 6.04. The number of aromatic nitrogens is 1. The molecule has 166 valence electrons. The van der Waals surface area contributed by atoms with Gasteiger partial charge >= 0.3 is 0 Å². The molecule has 2 aromatic carbocycles. The number of anilines is 2. The van der Waals surface area contributed by atoms with Crippen molar-refractivity contribution >= 4 is 17.3 Å². The third kappa shape index (κ3) is 5.38. The average molecular weight is 432 g/mol. The summed E-state index contributed by atoms with van der Waals surface area (Å²) in [6.07, 6.45) is 4.68. The van der Waals surface area contributed by atoms with Crippen LogP contribution in [0.2, 0.25) is 0 Å². The van der Waals surface area contributed by atoms with Gasteiger partial charge in [-0.25, -0.2) is 0 Å². The highest BCUT2D eigenvalue weighted by Gasteiger charge is 2.19. The van der Waals surface area contributed by atoms with Crippen molar-refractivity contribution in [1.29, 1.82) is 0 Å². The van der Waals surface area contributed by atoms with Crippen LogP contribution in [0.4, 0.5) is 11.4 Å². The molecule has 6 nitrogen and oxygen atoms in total. The molecular formula is C26H29N3O3. The summed E-state index contributed by atoms with van der Waals surface area (Å²) in [6.45, 7) is 7.23. The second-order valence-electron chi connectivity index (χ2n) is 8.08. The van der Waals surface area contributed by atoms with E-state index in [9.17, 15) is 4.79 Å². The molecule has 1 N–H and O–H groups in total. The number of rotatable bonds is 8. The van der Waals surface area contributed by atoms with Crippen molar-refractivity contribution in [3.63, 3.8) is 0 Å². The van der Waals surface area contributed by atoms with Crippen LogP contribution in [-0.4, -0.2) is 30.6 Å². The molecule has 32 heavy (non-hydrogen) atoms. The van der Waals surface area contributed by atoms with Crippen LogP contribution in [0.15, 0.2) is 67.0 Å². The van der Waals surface area contributed by atoms with Gasteiger partial charge in [-0.1, -0.05) is 6.92 Å². The maximum atomic E-state index is 12.8. The van der Waals surface area contributed by atoms with Gasteiger partial charge < -0.3 is 19.7 Å². The standard InChI is InChI=1S/C26H29N3O3/c1-3-31-25-16-21(4-9-24(25)32-18-20-10-13-27-14-11-20)26(30)28-22-5-7-23(8-6-22)29-15-12-19(2)17-29/h4-11,13-14,16,19H,3,12,15,17-18H2,1-2H3,(H,28,30). The predicted octanol–water partition coefficient (Wildman–Crippen LogP) is 5.16. The minimum absolute atomic E-state index is 0.186. The van der Waals surface area contributed by atoms with Crippen molar-refractivity contribution in [3.8, 4) is 11.5 Å². The van der Waals surface area contributed by atoms with Crippen LogP contribution in [0.3, 0.4) is 0 Å². The summed E-state index contributed by atoms with van der Waals surface area (Å²) in [4.78, 5) is 19.2. The predicted molar refractivity (Wildman–Crippen MR) is 127 cm³/mol. The number of benzene rings is 2. The number of hydrogen-bond acceptors (Lipinski definition) is 5. The van der Waals surface area contributed by atoms with Crippen molar-refractivity contribution in [2.45, 2.75) is 26.9 Å². The summed E-state index contributed by atoms with van der Waals surface area (Å²) in [7, 11) is 0. The van der Waals surface area contributed by atoms with Gasteiger partial charge in [0.25, 0.3) is 5.91 Å². The number of carbonyl (C=O) groups excluding carboxylic acids is 1. The van der Waals surface area contributed by atoms with Crippen LogP contribution in [0, 0.1) is 5.92 Å². The Morgan fingerprint density at radius 2 is 1.84 bits per heavy atom. The molecule has 1 unspecified atom stereocenters. The maximum Gasteiger partial charge on any atom is 0.255 e. The van der Waals surface area contributed by atoms with Gasteiger partial charge in [0.05, 0.1) is 6.61 Å². The molecule has 1 saturated heterocycles. The van der Waals surface area contributed by atoms with Crippen LogP contribution >= 0.6 is 0 Å². The lowest BCUT2D eigenvalue weighted by atomic mass is 10.1. The van der Waals surface area contributed by atoms with Crippen LogP contribution in [0.25, 0.3) is 0 Å². The Morgan fingerprint density at radius 3 is 2.53 bits per heavy atom. The Hall–Kier alpha value is -3.54. The van der Waals surface area contributed by atoms with Crippen LogP contribution in [-0.2, 0) is 6.61 Å². The smallest absolute Gasteiger partial charge is 0.255 e. The molecule has 0 aliphatic carbocycles. The fraction of sp³-hybridized carbons (Fsp3) is 0.308. The van der Waals surface area contributed by atoms with Crippen molar-refractivity contribution in [1.82, 2.24) is 4.98 Å². The second kappa shape index (κ2) is 10.2. The van der Waals surface area contributed by atoms with Gasteiger partial charge in [0.2, 0.25) is 0 Å². The van der Waals surface area contributed by atoms with E-state index in [-0.39, 0.29) is 5.91 Å². The summed E-state index contributed by atoms with van der Waals surface area (Å²) >= 11 is 0. The van der Waals surface area contributed by atoms with Gasteiger partial charge in [0.15, 0.2) is 11.5 Å². The first kappa shape index (κ1) is 21.7. The van der Waals surface area contributed by atoms with Gasteiger partial charge in [-0.3, -0.25) is 9.78 Å². The first-order valence-corrected chi connectivity index (χ1v) is 11.1. The zero-order valence-electron chi connectivity index (χ0n) is 18.6. The molecule has 2 heterocycles. The molecular weight excluding hydrogens is 402 g/mol. The Labute approximate surface area is 189 Å². The van der Waals surface area contributed by atoms with Crippen molar-refractivity contribution in [2.24, 2.45) is 5.92 Å². The largest absolute Gasteiger partial charge is 0.490 e. The highest BCUT2D eigenvalue weighted by Crippen LogP contribution is 2.30. The van der Waals surface area contributed by atoms with Crippen molar-refractivity contribution in [2.75, 3.05) is 29.9 Å². The lowest BCUT2D eigenvalue weighted by Crippen LogP contribution is -2.19. The molecule has 3 aromatic rings. The Balaban J connectivity index is 1.42. The van der Waals surface area contributed by atoms with Gasteiger partial charge in [-0.2, -0.15) is 0 Å². The summed E-state index contributed by atoms with van der Waals surface area (Å²) in [6, 6.07) is 17.1. The van der Waals surface area contributed by atoms with Crippen LogP contribution in [0.5, 0.6) is 11.5 Å². The summed E-state index contributed by atoms with van der Waals surface area (Å²) < 4.78 is 11.6. The SMILES string of the molecule is CCOc1cc(C(=O)Nc2ccc(N3CCC(C)C3)cc2)ccc1OCc1ccncc1. The van der Waals surface area contributed by atoms with Gasteiger partial charge in [0.1, 0.15) is 6.61 Å². The molecule has 1 amide bonds. The number of amides is 1. The van der Waals surface area contributed by atoms with Crippen molar-refractivity contribution in [3.05, 3.63) is 78.1 Å². The lowest BCUT2D eigenvalue weighted by Gasteiger charge is -2.18. The Bertz CT molecular complexity index is 1040. The van der Waals surface area contributed by atoms with E-state index >= 15 is 0 Å². The number of ether oxygens (including phenoxy) is 2. The van der Waals surface area contributed by atoms with Gasteiger partial charge in [-0.05, 0) is 79.4 Å². The minimum Gasteiger partial charge on any atom is -0.490 e. The lowest BCUT2D eigenvalue weighted by molar-refractivity contribution is 0.102. The second-order valence-corrected chi connectivity index (χ2v) is 8.08. The molecule has 4 rings (SSSR count). The number of pyridine rings is 1. The molecule has 1 aromatic heterocycles. The fourth-order valence-corrected chi connectivity index (χ4v) is 3.81. The number of nitrogens with zero attached hydrogens (tertiary/aromatic N) is 2. The van der Waals surface area contributed by atoms with E-state index in [1.54, 1.807) is 30.6 Å². The maximum absolute atomic E-state index is 12.8. The third-order valence-electron chi connectivity index (χ3n) is 5.56. The van der Waals surface area contributed by atoms with Crippen LogP contribution in [0.1, 0.15) is 36.2 Å². The summed E-state index contributed by atoms with van der Waals surface area (Å²) in [5, 5.41) is 2.97. The molecule has 0 saturated carbocycles. The third-order valence-corrected chi connectivity index (χ3v) is 5.56. The number of hydrogen-bond donors (Lipinski definition) is 1. The normalized spacial score (nSPS) is 15.4. The Kier molecular flexibility index (Phi) is 6.90. The molecule has 1 atom stereocenters. The van der Waals surface area contributed by atoms with Crippen molar-refractivity contribution < 1.29 is 14.3 Å². The van der Waals surface area contributed by atoms with E-state index in [1.807, 2.05) is 31.2 Å². The van der Waals surface area contributed by atoms with Gasteiger partial charge in [-0.15, -0.1) is 0 Å². The topological polar surface area (TPSA) is 63.7 Å². The van der Waals surface area contributed by atoms with E-state index in [4.69, 9.17) is 9.47 Å². The first-order valence-electron chi connectivity index (χ1n) is 11.1. The molecule has 1 fully saturated rings.